The standard InChI is InChI=1S/C20H24N2O2/c1-14(2)12-21(3)20(24)16-11-19(23)22(13-16)18-10-6-8-15-7-4-5-9-17(15)18/h4-10,14,16H,11-13H2,1-3H3. The zero-order valence-corrected chi connectivity index (χ0v) is 14.5. The lowest BCUT2D eigenvalue weighted by Gasteiger charge is -2.23. The summed E-state index contributed by atoms with van der Waals surface area (Å²) in [4.78, 5) is 28.7. The van der Waals surface area contributed by atoms with Crippen LogP contribution in [0.25, 0.3) is 10.8 Å². The minimum atomic E-state index is -0.250. The van der Waals surface area contributed by atoms with Gasteiger partial charge < -0.3 is 9.80 Å². The van der Waals surface area contributed by atoms with E-state index >= 15 is 0 Å². The maximum absolute atomic E-state index is 12.6. The molecule has 1 aliphatic rings. The van der Waals surface area contributed by atoms with Gasteiger partial charge in [-0.15, -0.1) is 0 Å². The van der Waals surface area contributed by atoms with E-state index in [9.17, 15) is 9.59 Å². The Hall–Kier alpha value is -2.36. The van der Waals surface area contributed by atoms with E-state index in [1.807, 2.05) is 49.5 Å². The van der Waals surface area contributed by atoms with Crippen molar-refractivity contribution in [2.24, 2.45) is 11.8 Å². The molecule has 1 unspecified atom stereocenters. The molecule has 24 heavy (non-hydrogen) atoms. The molecule has 0 bridgehead atoms. The topological polar surface area (TPSA) is 40.6 Å². The van der Waals surface area contributed by atoms with Crippen LogP contribution in [0.1, 0.15) is 20.3 Å². The fourth-order valence-electron chi connectivity index (χ4n) is 3.50. The number of benzene rings is 2. The van der Waals surface area contributed by atoms with Crippen LogP contribution >= 0.6 is 0 Å². The minimum Gasteiger partial charge on any atom is -0.345 e. The van der Waals surface area contributed by atoms with Crippen LogP contribution in [-0.4, -0.2) is 36.9 Å². The lowest BCUT2D eigenvalue weighted by atomic mass is 10.1. The highest BCUT2D eigenvalue weighted by atomic mass is 16.2. The number of anilines is 1. The Balaban J connectivity index is 1.83. The van der Waals surface area contributed by atoms with Gasteiger partial charge in [-0.25, -0.2) is 0 Å². The van der Waals surface area contributed by atoms with Crippen molar-refractivity contribution >= 4 is 28.3 Å². The molecule has 4 nitrogen and oxygen atoms in total. The SMILES string of the molecule is CC(C)CN(C)C(=O)C1CC(=O)N(c2cccc3ccccc23)C1. The summed E-state index contributed by atoms with van der Waals surface area (Å²) in [5, 5.41) is 2.16. The summed E-state index contributed by atoms with van der Waals surface area (Å²) in [5.41, 5.74) is 0.903. The fraction of sp³-hybridized carbons (Fsp3) is 0.400. The Kier molecular flexibility index (Phi) is 4.56. The van der Waals surface area contributed by atoms with E-state index in [1.165, 1.54) is 0 Å². The molecule has 1 fully saturated rings. The third kappa shape index (κ3) is 3.14. The molecule has 0 aliphatic carbocycles. The lowest BCUT2D eigenvalue weighted by molar-refractivity contribution is -0.135. The zero-order valence-electron chi connectivity index (χ0n) is 14.5. The van der Waals surface area contributed by atoms with E-state index in [0.29, 0.717) is 18.9 Å². The average Bonchev–Trinajstić information content (AvgIpc) is 2.94. The van der Waals surface area contributed by atoms with Crippen LogP contribution in [0.15, 0.2) is 42.5 Å². The molecule has 0 spiro atoms. The van der Waals surface area contributed by atoms with Crippen molar-refractivity contribution in [2.45, 2.75) is 20.3 Å². The summed E-state index contributed by atoms with van der Waals surface area (Å²) in [6.45, 7) is 5.36. The first-order chi connectivity index (χ1) is 11.5. The zero-order chi connectivity index (χ0) is 17.3. The van der Waals surface area contributed by atoms with Crippen LogP contribution in [-0.2, 0) is 9.59 Å². The molecule has 0 N–H and O–H groups in total. The molecule has 0 saturated carbocycles. The van der Waals surface area contributed by atoms with Gasteiger partial charge in [0.05, 0.1) is 11.6 Å². The van der Waals surface area contributed by atoms with E-state index in [4.69, 9.17) is 0 Å². The summed E-state index contributed by atoms with van der Waals surface area (Å²) in [5.74, 6) is 0.271. The van der Waals surface area contributed by atoms with E-state index in [2.05, 4.69) is 13.8 Å². The van der Waals surface area contributed by atoms with Crippen LogP contribution in [0.2, 0.25) is 0 Å². The molecule has 2 amide bonds. The highest BCUT2D eigenvalue weighted by Crippen LogP contribution is 2.32. The summed E-state index contributed by atoms with van der Waals surface area (Å²) >= 11 is 0. The summed E-state index contributed by atoms with van der Waals surface area (Å²) in [6.07, 6.45) is 0.296. The maximum atomic E-state index is 12.6. The van der Waals surface area contributed by atoms with Gasteiger partial charge in [0.2, 0.25) is 11.8 Å². The van der Waals surface area contributed by atoms with E-state index in [1.54, 1.807) is 9.80 Å². The highest BCUT2D eigenvalue weighted by Gasteiger charge is 2.36. The van der Waals surface area contributed by atoms with Crippen LogP contribution in [0.3, 0.4) is 0 Å². The van der Waals surface area contributed by atoms with Crippen LogP contribution in [0, 0.1) is 11.8 Å². The smallest absolute Gasteiger partial charge is 0.227 e. The Morgan fingerprint density at radius 1 is 1.21 bits per heavy atom. The second-order valence-electron chi connectivity index (χ2n) is 7.02. The Morgan fingerprint density at radius 2 is 1.92 bits per heavy atom. The molecule has 2 aromatic carbocycles. The number of carbonyl (C=O) groups excluding carboxylic acids is 2. The number of hydrogen-bond acceptors (Lipinski definition) is 2. The van der Waals surface area contributed by atoms with Crippen molar-refractivity contribution < 1.29 is 9.59 Å². The molecule has 0 aromatic heterocycles. The van der Waals surface area contributed by atoms with Crippen LogP contribution < -0.4 is 4.90 Å². The largest absolute Gasteiger partial charge is 0.345 e. The van der Waals surface area contributed by atoms with Crippen molar-refractivity contribution in [3.8, 4) is 0 Å². The van der Waals surface area contributed by atoms with Crippen molar-refractivity contribution in [1.82, 2.24) is 4.90 Å². The molecule has 1 atom stereocenters. The molecule has 1 saturated heterocycles. The predicted octanol–water partition coefficient (Wildman–Crippen LogP) is 3.31. The number of carbonyl (C=O) groups is 2. The van der Waals surface area contributed by atoms with Gasteiger partial charge >= 0.3 is 0 Å². The first kappa shape index (κ1) is 16.5. The Bertz CT molecular complexity index is 764. The first-order valence-corrected chi connectivity index (χ1v) is 8.50. The van der Waals surface area contributed by atoms with Crippen molar-refractivity contribution in [3.63, 3.8) is 0 Å². The Labute approximate surface area is 143 Å². The third-order valence-corrected chi connectivity index (χ3v) is 4.55. The van der Waals surface area contributed by atoms with E-state index < -0.39 is 0 Å². The number of nitrogens with zero attached hydrogens (tertiary/aromatic N) is 2. The summed E-state index contributed by atoms with van der Waals surface area (Å²) in [6, 6.07) is 14.0. The van der Waals surface area contributed by atoms with Gasteiger partial charge in [0.15, 0.2) is 0 Å². The molecule has 126 valence electrons. The number of hydrogen-bond donors (Lipinski definition) is 0. The van der Waals surface area contributed by atoms with Gasteiger partial charge in [-0.1, -0.05) is 50.2 Å². The van der Waals surface area contributed by atoms with Gasteiger partial charge in [0.25, 0.3) is 0 Å². The summed E-state index contributed by atoms with van der Waals surface area (Å²) < 4.78 is 0. The predicted molar refractivity (Wildman–Crippen MR) is 96.9 cm³/mol. The minimum absolute atomic E-state index is 0.0302. The first-order valence-electron chi connectivity index (χ1n) is 8.50. The van der Waals surface area contributed by atoms with Crippen molar-refractivity contribution in [2.75, 3.05) is 25.0 Å². The quantitative estimate of drug-likeness (QED) is 0.866. The third-order valence-electron chi connectivity index (χ3n) is 4.55. The molecule has 0 radical (unpaired) electrons. The summed E-state index contributed by atoms with van der Waals surface area (Å²) in [7, 11) is 1.83. The lowest BCUT2D eigenvalue weighted by Crippen LogP contribution is -2.36. The number of rotatable bonds is 4. The molecule has 4 heteroatoms. The average molecular weight is 324 g/mol. The van der Waals surface area contributed by atoms with Gasteiger partial charge in [0.1, 0.15) is 0 Å². The van der Waals surface area contributed by atoms with Crippen LogP contribution in [0.5, 0.6) is 0 Å². The number of amides is 2. The molecule has 1 aliphatic heterocycles. The number of fused-ring (bicyclic) bond motifs is 1. The van der Waals surface area contributed by atoms with Crippen LogP contribution in [0.4, 0.5) is 5.69 Å². The van der Waals surface area contributed by atoms with Gasteiger partial charge in [-0.3, -0.25) is 9.59 Å². The van der Waals surface area contributed by atoms with E-state index in [-0.39, 0.29) is 17.7 Å². The monoisotopic (exact) mass is 324 g/mol. The van der Waals surface area contributed by atoms with Gasteiger partial charge in [0, 0.05) is 31.9 Å². The van der Waals surface area contributed by atoms with Gasteiger partial charge in [-0.2, -0.15) is 0 Å². The molecular weight excluding hydrogens is 300 g/mol. The van der Waals surface area contributed by atoms with E-state index in [0.717, 1.165) is 23.0 Å². The maximum Gasteiger partial charge on any atom is 0.227 e. The molecule has 1 heterocycles. The second-order valence-corrected chi connectivity index (χ2v) is 7.02. The molecule has 2 aromatic rings. The second kappa shape index (κ2) is 6.63. The Morgan fingerprint density at radius 3 is 2.67 bits per heavy atom. The van der Waals surface area contributed by atoms with Gasteiger partial charge in [-0.05, 0) is 17.4 Å². The molecular formula is C20H24N2O2. The fourth-order valence-corrected chi connectivity index (χ4v) is 3.50. The highest BCUT2D eigenvalue weighted by molar-refractivity contribution is 6.06. The molecule has 3 rings (SSSR count). The van der Waals surface area contributed by atoms with Crippen molar-refractivity contribution in [1.29, 1.82) is 0 Å². The van der Waals surface area contributed by atoms with Crippen molar-refractivity contribution in [3.05, 3.63) is 42.5 Å². The normalized spacial score (nSPS) is 17.8.